The van der Waals surface area contributed by atoms with Gasteiger partial charge in [-0.25, -0.2) is 0 Å². The van der Waals surface area contributed by atoms with E-state index in [2.05, 4.69) is 0 Å². The summed E-state index contributed by atoms with van der Waals surface area (Å²) in [6.07, 6.45) is 2.10. The van der Waals surface area contributed by atoms with Crippen LogP contribution in [0.15, 0.2) is 48.5 Å². The van der Waals surface area contributed by atoms with Crippen LogP contribution in [-0.4, -0.2) is 45.0 Å². The van der Waals surface area contributed by atoms with Crippen molar-refractivity contribution in [3.63, 3.8) is 0 Å². The molecule has 8 heteroatoms. The van der Waals surface area contributed by atoms with Crippen molar-refractivity contribution in [3.05, 3.63) is 75.3 Å². The highest BCUT2D eigenvalue weighted by atomic mass is 16.6. The summed E-state index contributed by atoms with van der Waals surface area (Å²) >= 11 is 0. The van der Waals surface area contributed by atoms with Gasteiger partial charge in [0, 0.05) is 24.7 Å². The Kier molecular flexibility index (Phi) is 5.07. The van der Waals surface area contributed by atoms with Crippen molar-refractivity contribution in [2.75, 3.05) is 6.54 Å². The summed E-state index contributed by atoms with van der Waals surface area (Å²) < 4.78 is 0. The highest BCUT2D eigenvalue weighted by Gasteiger charge is 2.40. The lowest BCUT2D eigenvalue weighted by Gasteiger charge is -2.31. The first-order chi connectivity index (χ1) is 14.4. The number of hydrogen-bond donors (Lipinski definition) is 0. The molecule has 0 aromatic heterocycles. The van der Waals surface area contributed by atoms with Crippen LogP contribution in [0.1, 0.15) is 46.0 Å². The van der Waals surface area contributed by atoms with E-state index in [4.69, 9.17) is 0 Å². The van der Waals surface area contributed by atoms with Crippen LogP contribution in [-0.2, 0) is 11.3 Å². The molecule has 1 unspecified atom stereocenters. The molecule has 1 atom stereocenters. The van der Waals surface area contributed by atoms with Crippen LogP contribution in [0.4, 0.5) is 5.69 Å². The lowest BCUT2D eigenvalue weighted by molar-refractivity contribution is -0.384. The number of carbonyl (C=O) groups is 3. The van der Waals surface area contributed by atoms with Crippen molar-refractivity contribution < 1.29 is 19.3 Å². The highest BCUT2D eigenvalue weighted by Crippen LogP contribution is 2.36. The van der Waals surface area contributed by atoms with Crippen LogP contribution in [0.5, 0.6) is 0 Å². The van der Waals surface area contributed by atoms with E-state index < -0.39 is 16.7 Å². The minimum Gasteiger partial charge on any atom is -0.334 e. The summed E-state index contributed by atoms with van der Waals surface area (Å²) in [7, 11) is 0. The summed E-state index contributed by atoms with van der Waals surface area (Å²) in [5.74, 6) is -1.17. The molecule has 30 heavy (non-hydrogen) atoms. The van der Waals surface area contributed by atoms with Crippen LogP contribution in [0.3, 0.4) is 0 Å². The van der Waals surface area contributed by atoms with E-state index in [1.807, 2.05) is 37.3 Å². The van der Waals surface area contributed by atoms with E-state index in [0.717, 1.165) is 29.4 Å². The fraction of sp³-hybridized carbons (Fsp3) is 0.318. The van der Waals surface area contributed by atoms with Crippen LogP contribution in [0, 0.1) is 16.0 Å². The molecule has 1 aliphatic heterocycles. The van der Waals surface area contributed by atoms with Gasteiger partial charge in [0.25, 0.3) is 17.5 Å². The summed E-state index contributed by atoms with van der Waals surface area (Å²) in [5.41, 5.74) is 0.752. The Bertz CT molecular complexity index is 1030. The number of fused-ring (bicyclic) bond motifs is 1. The first-order valence-electron chi connectivity index (χ1n) is 9.85. The lowest BCUT2D eigenvalue weighted by Crippen LogP contribution is -2.46. The van der Waals surface area contributed by atoms with Crippen LogP contribution in [0.2, 0.25) is 0 Å². The van der Waals surface area contributed by atoms with Gasteiger partial charge in [-0.2, -0.15) is 0 Å². The van der Waals surface area contributed by atoms with E-state index in [1.165, 1.54) is 12.1 Å². The third-order valence-electron chi connectivity index (χ3n) is 5.77. The van der Waals surface area contributed by atoms with Gasteiger partial charge in [-0.3, -0.25) is 29.4 Å². The monoisotopic (exact) mass is 407 g/mol. The summed E-state index contributed by atoms with van der Waals surface area (Å²) in [4.78, 5) is 51.6. The topological polar surface area (TPSA) is 101 Å². The third-order valence-corrected chi connectivity index (χ3v) is 5.77. The standard InChI is InChI=1S/C22H21N3O5/c1-14(16-7-8-16)23(12-15-5-3-2-4-6-15)20(26)13-24-21(27)18-10-9-17(25(29)30)11-19(18)22(24)28/h2-6,9-11,14,16H,7-8,12-13H2,1H3. The maximum Gasteiger partial charge on any atom is 0.270 e. The Labute approximate surface area is 173 Å². The maximum absolute atomic E-state index is 13.2. The zero-order valence-electron chi connectivity index (χ0n) is 16.5. The van der Waals surface area contributed by atoms with Gasteiger partial charge >= 0.3 is 0 Å². The van der Waals surface area contributed by atoms with Gasteiger partial charge in [0.2, 0.25) is 5.91 Å². The predicted octanol–water partition coefficient (Wildman–Crippen LogP) is 3.02. The van der Waals surface area contributed by atoms with E-state index in [9.17, 15) is 24.5 Å². The fourth-order valence-corrected chi connectivity index (χ4v) is 3.83. The SMILES string of the molecule is CC(C1CC1)N(Cc1ccccc1)C(=O)CN1C(=O)c2ccc([N+](=O)[O-])cc2C1=O. The summed E-state index contributed by atoms with van der Waals surface area (Å²) in [6, 6.07) is 13.1. The normalized spacial score (nSPS) is 16.4. The molecule has 1 heterocycles. The predicted molar refractivity (Wildman–Crippen MR) is 108 cm³/mol. The molecule has 0 radical (unpaired) electrons. The Hall–Kier alpha value is -3.55. The molecule has 4 rings (SSSR count). The average molecular weight is 407 g/mol. The van der Waals surface area contributed by atoms with Crippen molar-refractivity contribution >= 4 is 23.4 Å². The van der Waals surface area contributed by atoms with Gasteiger partial charge in [-0.15, -0.1) is 0 Å². The van der Waals surface area contributed by atoms with Gasteiger partial charge in [0.1, 0.15) is 6.54 Å². The lowest BCUT2D eigenvalue weighted by atomic mass is 10.1. The van der Waals surface area contributed by atoms with Crippen molar-refractivity contribution in [2.45, 2.75) is 32.4 Å². The number of rotatable bonds is 7. The number of benzene rings is 2. The number of nitro benzene ring substituents is 1. The molecule has 1 fully saturated rings. The van der Waals surface area contributed by atoms with Gasteiger partial charge in [0.05, 0.1) is 16.1 Å². The first-order valence-corrected chi connectivity index (χ1v) is 9.85. The van der Waals surface area contributed by atoms with E-state index in [-0.39, 0.29) is 35.3 Å². The van der Waals surface area contributed by atoms with E-state index in [1.54, 1.807) is 4.90 Å². The number of non-ortho nitro benzene ring substituents is 1. The summed E-state index contributed by atoms with van der Waals surface area (Å²) in [6.45, 7) is 2.00. The molecule has 154 valence electrons. The second kappa shape index (κ2) is 7.70. The third kappa shape index (κ3) is 3.68. The smallest absolute Gasteiger partial charge is 0.270 e. The van der Waals surface area contributed by atoms with E-state index >= 15 is 0 Å². The molecule has 1 aliphatic carbocycles. The minimum atomic E-state index is -0.675. The van der Waals surface area contributed by atoms with Crippen LogP contribution < -0.4 is 0 Å². The fourth-order valence-electron chi connectivity index (χ4n) is 3.83. The Morgan fingerprint density at radius 2 is 1.80 bits per heavy atom. The zero-order valence-corrected chi connectivity index (χ0v) is 16.5. The van der Waals surface area contributed by atoms with Crippen LogP contribution in [0.25, 0.3) is 0 Å². The van der Waals surface area contributed by atoms with E-state index in [0.29, 0.717) is 12.5 Å². The molecule has 8 nitrogen and oxygen atoms in total. The van der Waals surface area contributed by atoms with Crippen LogP contribution >= 0.6 is 0 Å². The number of amides is 3. The van der Waals surface area contributed by atoms with Crippen molar-refractivity contribution in [1.29, 1.82) is 0 Å². The number of carbonyl (C=O) groups excluding carboxylic acids is 3. The second-order valence-corrected chi connectivity index (χ2v) is 7.77. The quantitative estimate of drug-likeness (QED) is 0.399. The number of nitro groups is 1. The second-order valence-electron chi connectivity index (χ2n) is 7.77. The minimum absolute atomic E-state index is 0.00558. The number of nitrogens with zero attached hydrogens (tertiary/aromatic N) is 3. The highest BCUT2D eigenvalue weighted by molar-refractivity contribution is 6.22. The molecular weight excluding hydrogens is 386 g/mol. The average Bonchev–Trinajstić information content (AvgIpc) is 3.57. The molecule has 2 aliphatic rings. The van der Waals surface area contributed by atoms with Crippen molar-refractivity contribution in [3.8, 4) is 0 Å². The molecule has 0 saturated heterocycles. The first kappa shape index (κ1) is 19.8. The maximum atomic E-state index is 13.2. The largest absolute Gasteiger partial charge is 0.334 e. The molecule has 0 N–H and O–H groups in total. The van der Waals surface area contributed by atoms with Crippen molar-refractivity contribution in [2.24, 2.45) is 5.92 Å². The van der Waals surface area contributed by atoms with Gasteiger partial charge in [-0.05, 0) is 37.3 Å². The Balaban J connectivity index is 1.55. The number of hydrogen-bond acceptors (Lipinski definition) is 5. The molecule has 3 amide bonds. The number of imide groups is 1. The van der Waals surface area contributed by atoms with Crippen molar-refractivity contribution in [1.82, 2.24) is 9.80 Å². The Morgan fingerprint density at radius 3 is 2.43 bits per heavy atom. The Morgan fingerprint density at radius 1 is 1.13 bits per heavy atom. The zero-order chi connectivity index (χ0) is 21.4. The van der Waals surface area contributed by atoms with Gasteiger partial charge in [-0.1, -0.05) is 30.3 Å². The molecule has 0 bridgehead atoms. The molecular formula is C22H21N3O5. The molecule has 2 aromatic rings. The van der Waals surface area contributed by atoms with Gasteiger partial charge in [0.15, 0.2) is 0 Å². The summed E-state index contributed by atoms with van der Waals surface area (Å²) in [5, 5.41) is 11.0. The molecule has 1 saturated carbocycles. The molecule has 2 aromatic carbocycles. The van der Waals surface area contributed by atoms with Gasteiger partial charge < -0.3 is 4.90 Å². The molecule has 0 spiro atoms.